The summed E-state index contributed by atoms with van der Waals surface area (Å²) in [6, 6.07) is 5.63. The van der Waals surface area contributed by atoms with E-state index in [1.54, 1.807) is 7.11 Å². The predicted molar refractivity (Wildman–Crippen MR) is 94.4 cm³/mol. The van der Waals surface area contributed by atoms with Crippen molar-refractivity contribution in [1.82, 2.24) is 10.6 Å². The number of hydrogen-bond donors (Lipinski definition) is 2. The van der Waals surface area contributed by atoms with Gasteiger partial charge in [0.2, 0.25) is 5.91 Å². The second-order valence-electron chi connectivity index (χ2n) is 6.38. The van der Waals surface area contributed by atoms with Crippen molar-refractivity contribution >= 4 is 29.9 Å². The molecule has 128 valence electrons. The van der Waals surface area contributed by atoms with Crippen LogP contribution >= 0.6 is 24.0 Å². The average Bonchev–Trinajstić information content (AvgIpc) is 2.98. The van der Waals surface area contributed by atoms with E-state index in [-0.39, 0.29) is 23.7 Å². The molecule has 0 aromatic heterocycles. The lowest BCUT2D eigenvalue weighted by Gasteiger charge is -2.37. The van der Waals surface area contributed by atoms with Gasteiger partial charge in [-0.1, -0.05) is 30.5 Å². The molecule has 2 atom stereocenters. The number of hydrogen-bond acceptors (Lipinski definition) is 3. The summed E-state index contributed by atoms with van der Waals surface area (Å²) >= 11 is 6.13. The summed E-state index contributed by atoms with van der Waals surface area (Å²) in [5.41, 5.74) is 0.794. The van der Waals surface area contributed by atoms with E-state index in [0.29, 0.717) is 23.2 Å². The lowest BCUT2D eigenvalue weighted by Crippen LogP contribution is -2.47. The number of amides is 1. The second kappa shape index (κ2) is 7.73. The Hall–Kier alpha value is -0.970. The van der Waals surface area contributed by atoms with Gasteiger partial charge in [0.1, 0.15) is 5.75 Å². The van der Waals surface area contributed by atoms with Crippen LogP contribution in [0.25, 0.3) is 0 Å². The lowest BCUT2D eigenvalue weighted by atomic mass is 9.67. The molecule has 1 heterocycles. The molecule has 1 aliphatic carbocycles. The molecule has 3 rings (SSSR count). The van der Waals surface area contributed by atoms with E-state index in [0.717, 1.165) is 37.9 Å². The predicted octanol–water partition coefficient (Wildman–Crippen LogP) is 3.17. The smallest absolute Gasteiger partial charge is 0.228 e. The van der Waals surface area contributed by atoms with E-state index < -0.39 is 0 Å². The molecule has 1 aromatic rings. The number of carbonyl (C=O) groups excluding carboxylic acids is 1. The van der Waals surface area contributed by atoms with Crippen molar-refractivity contribution in [3.63, 3.8) is 0 Å². The highest BCUT2D eigenvalue weighted by Gasteiger charge is 2.49. The highest BCUT2D eigenvalue weighted by atomic mass is 35.5. The highest BCUT2D eigenvalue weighted by molar-refractivity contribution is 6.32. The summed E-state index contributed by atoms with van der Waals surface area (Å²) in [4.78, 5) is 12.8. The zero-order valence-electron chi connectivity index (χ0n) is 13.4. The van der Waals surface area contributed by atoms with Gasteiger partial charge in [-0.15, -0.1) is 12.4 Å². The quantitative estimate of drug-likeness (QED) is 0.868. The molecule has 23 heavy (non-hydrogen) atoms. The Morgan fingerprint density at radius 3 is 3.04 bits per heavy atom. The minimum atomic E-state index is -0.200. The molecule has 1 saturated heterocycles. The van der Waals surface area contributed by atoms with Gasteiger partial charge in [-0.05, 0) is 43.0 Å². The van der Waals surface area contributed by atoms with Crippen LogP contribution < -0.4 is 15.4 Å². The molecule has 0 spiro atoms. The fraction of sp³-hybridized carbons (Fsp3) is 0.588. The molecule has 0 bridgehead atoms. The number of ether oxygens (including phenoxy) is 1. The normalized spacial score (nSPS) is 26.1. The topological polar surface area (TPSA) is 50.4 Å². The van der Waals surface area contributed by atoms with Crippen LogP contribution in [0.4, 0.5) is 0 Å². The van der Waals surface area contributed by atoms with Gasteiger partial charge in [0, 0.05) is 13.1 Å². The van der Waals surface area contributed by atoms with Gasteiger partial charge < -0.3 is 15.4 Å². The fourth-order valence-corrected chi connectivity index (χ4v) is 4.15. The minimum Gasteiger partial charge on any atom is -0.495 e. The molecule has 0 unspecified atom stereocenters. The van der Waals surface area contributed by atoms with Crippen molar-refractivity contribution in [3.05, 3.63) is 28.8 Å². The summed E-state index contributed by atoms with van der Waals surface area (Å²) in [5.74, 6) is 1.33. The second-order valence-corrected chi connectivity index (χ2v) is 6.79. The Bertz CT molecular complexity index is 568. The number of carbonyl (C=O) groups is 1. The zero-order chi connectivity index (χ0) is 15.6. The Morgan fingerprint density at radius 2 is 2.30 bits per heavy atom. The molecule has 2 aliphatic rings. The van der Waals surface area contributed by atoms with Crippen LogP contribution in [0.5, 0.6) is 5.75 Å². The maximum atomic E-state index is 12.8. The number of benzene rings is 1. The summed E-state index contributed by atoms with van der Waals surface area (Å²) < 4.78 is 5.15. The summed E-state index contributed by atoms with van der Waals surface area (Å²) in [6.45, 7) is 2.30. The standard InChI is InChI=1S/C17H23ClN2O2.ClH/c1-22-15-6-5-12(8-14(15)18)9-20-16(21)17-7-3-2-4-13(17)10-19-11-17;/h5-6,8,13,19H,2-4,7,9-11H2,1H3,(H,20,21);1H/t13-,17+;/m0./s1. The first-order valence-corrected chi connectivity index (χ1v) is 8.35. The molecule has 0 radical (unpaired) electrons. The Kier molecular flexibility index (Phi) is 6.18. The fourth-order valence-electron chi connectivity index (χ4n) is 3.87. The van der Waals surface area contributed by atoms with Gasteiger partial charge in [0.25, 0.3) is 0 Å². The van der Waals surface area contributed by atoms with E-state index in [4.69, 9.17) is 16.3 Å². The first kappa shape index (κ1) is 18.4. The van der Waals surface area contributed by atoms with E-state index in [9.17, 15) is 4.79 Å². The summed E-state index contributed by atoms with van der Waals surface area (Å²) in [6.07, 6.45) is 4.56. The molecule has 2 fully saturated rings. The summed E-state index contributed by atoms with van der Waals surface area (Å²) in [7, 11) is 1.60. The van der Waals surface area contributed by atoms with Gasteiger partial charge in [-0.2, -0.15) is 0 Å². The third-order valence-electron chi connectivity index (χ3n) is 5.16. The van der Waals surface area contributed by atoms with Crippen LogP contribution in [0.2, 0.25) is 5.02 Å². The van der Waals surface area contributed by atoms with Gasteiger partial charge in [-0.3, -0.25) is 4.79 Å². The van der Waals surface area contributed by atoms with Crippen molar-refractivity contribution in [2.24, 2.45) is 11.3 Å². The molecular weight excluding hydrogens is 335 g/mol. The van der Waals surface area contributed by atoms with Crippen molar-refractivity contribution in [3.8, 4) is 5.75 Å². The van der Waals surface area contributed by atoms with E-state index in [1.807, 2.05) is 18.2 Å². The summed E-state index contributed by atoms with van der Waals surface area (Å²) in [5, 5.41) is 7.10. The van der Waals surface area contributed by atoms with Crippen LogP contribution in [0.3, 0.4) is 0 Å². The first-order chi connectivity index (χ1) is 10.7. The van der Waals surface area contributed by atoms with Crippen LogP contribution in [0.1, 0.15) is 31.2 Å². The lowest BCUT2D eigenvalue weighted by molar-refractivity contribution is -0.134. The van der Waals surface area contributed by atoms with Crippen molar-refractivity contribution in [2.45, 2.75) is 32.2 Å². The minimum absolute atomic E-state index is 0. The van der Waals surface area contributed by atoms with Crippen molar-refractivity contribution < 1.29 is 9.53 Å². The number of methoxy groups -OCH3 is 1. The molecule has 6 heteroatoms. The van der Waals surface area contributed by atoms with Crippen molar-refractivity contribution in [2.75, 3.05) is 20.2 Å². The molecule has 2 N–H and O–H groups in total. The molecular formula is C17H24Cl2N2O2. The monoisotopic (exact) mass is 358 g/mol. The van der Waals surface area contributed by atoms with Crippen molar-refractivity contribution in [1.29, 1.82) is 0 Å². The maximum absolute atomic E-state index is 12.8. The number of halogens is 2. The van der Waals surface area contributed by atoms with Gasteiger partial charge in [0.15, 0.2) is 0 Å². The Morgan fingerprint density at radius 1 is 1.48 bits per heavy atom. The number of nitrogens with one attached hydrogen (secondary N) is 2. The SMILES string of the molecule is COc1ccc(CNC(=O)[C@@]23CCCC[C@H]2CNC3)cc1Cl.Cl. The van der Waals surface area contributed by atoms with Gasteiger partial charge in [0.05, 0.1) is 17.5 Å². The average molecular weight is 359 g/mol. The molecule has 4 nitrogen and oxygen atoms in total. The van der Waals surface area contributed by atoms with Crippen LogP contribution in [0.15, 0.2) is 18.2 Å². The largest absolute Gasteiger partial charge is 0.495 e. The van der Waals surface area contributed by atoms with E-state index in [2.05, 4.69) is 10.6 Å². The zero-order valence-corrected chi connectivity index (χ0v) is 14.9. The molecule has 1 aromatic carbocycles. The van der Waals surface area contributed by atoms with Gasteiger partial charge in [-0.25, -0.2) is 0 Å². The molecule has 1 aliphatic heterocycles. The third kappa shape index (κ3) is 3.59. The maximum Gasteiger partial charge on any atom is 0.228 e. The third-order valence-corrected chi connectivity index (χ3v) is 5.45. The van der Waals surface area contributed by atoms with E-state index in [1.165, 1.54) is 6.42 Å². The number of rotatable bonds is 4. The first-order valence-electron chi connectivity index (χ1n) is 7.97. The Balaban J connectivity index is 0.00000192. The highest BCUT2D eigenvalue weighted by Crippen LogP contribution is 2.43. The van der Waals surface area contributed by atoms with E-state index >= 15 is 0 Å². The Labute approximate surface area is 148 Å². The van der Waals surface area contributed by atoms with Crippen LogP contribution in [-0.2, 0) is 11.3 Å². The number of fused-ring (bicyclic) bond motifs is 1. The van der Waals surface area contributed by atoms with Gasteiger partial charge >= 0.3 is 0 Å². The van der Waals surface area contributed by atoms with Crippen LogP contribution in [-0.4, -0.2) is 26.1 Å². The molecule has 1 saturated carbocycles. The van der Waals surface area contributed by atoms with Crippen LogP contribution in [0, 0.1) is 11.3 Å². The molecule has 1 amide bonds.